The van der Waals surface area contributed by atoms with Crippen LogP contribution < -0.4 is 11.1 Å². The smallest absolute Gasteiger partial charge is 0.241 e. The van der Waals surface area contributed by atoms with Gasteiger partial charge in [-0.05, 0) is 23.6 Å². The van der Waals surface area contributed by atoms with Gasteiger partial charge in [0.05, 0.1) is 17.4 Å². The number of rotatable bonds is 3. The molecule has 21 heavy (non-hydrogen) atoms. The van der Waals surface area contributed by atoms with E-state index in [2.05, 4.69) is 15.4 Å². The number of nitrogens with one attached hydrogen (secondary N) is 1. The zero-order chi connectivity index (χ0) is 15.6. The van der Waals surface area contributed by atoms with E-state index in [1.165, 1.54) is 6.33 Å². The molecule has 0 aliphatic carbocycles. The summed E-state index contributed by atoms with van der Waals surface area (Å²) in [6.45, 7) is 5.73. The summed E-state index contributed by atoms with van der Waals surface area (Å²) in [5, 5.41) is 7.38. The minimum Gasteiger partial charge on any atom is -0.323 e. The van der Waals surface area contributed by atoms with E-state index in [0.717, 1.165) is 0 Å². The summed E-state index contributed by atoms with van der Waals surface area (Å²) in [5.41, 5.74) is 6.84. The molecular weight excluding hydrogens is 290 g/mol. The van der Waals surface area contributed by atoms with Gasteiger partial charge in [0, 0.05) is 5.02 Å². The van der Waals surface area contributed by atoms with Crippen molar-refractivity contribution < 1.29 is 4.79 Å². The Balaban J connectivity index is 2.32. The lowest BCUT2D eigenvalue weighted by atomic mass is 9.87. The normalized spacial score (nSPS) is 13.0. The Morgan fingerprint density at radius 2 is 2.14 bits per heavy atom. The van der Waals surface area contributed by atoms with E-state index >= 15 is 0 Å². The van der Waals surface area contributed by atoms with E-state index < -0.39 is 6.04 Å². The number of benzene rings is 1. The van der Waals surface area contributed by atoms with Crippen molar-refractivity contribution in [3.63, 3.8) is 0 Å². The van der Waals surface area contributed by atoms with Gasteiger partial charge in [-0.15, -0.1) is 0 Å². The van der Waals surface area contributed by atoms with Crippen LogP contribution in [0.3, 0.4) is 0 Å². The molecule has 0 spiro atoms. The third-order valence-corrected chi connectivity index (χ3v) is 3.33. The number of nitrogens with two attached hydrogens (primary N) is 1. The van der Waals surface area contributed by atoms with Gasteiger partial charge in [0.25, 0.3) is 0 Å². The molecule has 1 aromatic heterocycles. The SMILES string of the molecule is CC(C)(C)[C@@H](N)C(=O)Nc1cc(Cl)ccc1-n1cncn1. The van der Waals surface area contributed by atoms with Crippen LogP contribution in [0.5, 0.6) is 0 Å². The van der Waals surface area contributed by atoms with Gasteiger partial charge in [-0.2, -0.15) is 5.10 Å². The van der Waals surface area contributed by atoms with Gasteiger partial charge >= 0.3 is 0 Å². The topological polar surface area (TPSA) is 85.8 Å². The Hall–Kier alpha value is -1.92. The van der Waals surface area contributed by atoms with Crippen LogP contribution in [-0.2, 0) is 4.79 Å². The predicted molar refractivity (Wildman–Crippen MR) is 82.4 cm³/mol. The van der Waals surface area contributed by atoms with Gasteiger partial charge in [0.15, 0.2) is 0 Å². The zero-order valence-electron chi connectivity index (χ0n) is 12.2. The third-order valence-electron chi connectivity index (χ3n) is 3.10. The summed E-state index contributed by atoms with van der Waals surface area (Å²) in [6, 6.07) is 4.50. The quantitative estimate of drug-likeness (QED) is 0.910. The molecule has 0 bridgehead atoms. The highest BCUT2D eigenvalue weighted by atomic mass is 35.5. The molecule has 0 aliphatic heterocycles. The zero-order valence-corrected chi connectivity index (χ0v) is 12.9. The second-order valence-electron chi connectivity index (χ2n) is 5.83. The highest BCUT2D eigenvalue weighted by Gasteiger charge is 2.28. The van der Waals surface area contributed by atoms with Crippen LogP contribution in [0, 0.1) is 5.41 Å². The molecule has 3 N–H and O–H groups in total. The second kappa shape index (κ2) is 5.83. The van der Waals surface area contributed by atoms with Crippen LogP contribution in [-0.4, -0.2) is 26.7 Å². The monoisotopic (exact) mass is 307 g/mol. The molecule has 0 fully saturated rings. The van der Waals surface area contributed by atoms with Crippen molar-refractivity contribution in [2.75, 3.05) is 5.32 Å². The van der Waals surface area contributed by atoms with Crippen molar-refractivity contribution >= 4 is 23.2 Å². The average molecular weight is 308 g/mol. The fourth-order valence-corrected chi connectivity index (χ4v) is 1.92. The fraction of sp³-hybridized carbons (Fsp3) is 0.357. The molecule has 2 rings (SSSR count). The van der Waals surface area contributed by atoms with Gasteiger partial charge < -0.3 is 11.1 Å². The fourth-order valence-electron chi connectivity index (χ4n) is 1.74. The summed E-state index contributed by atoms with van der Waals surface area (Å²) in [7, 11) is 0. The second-order valence-corrected chi connectivity index (χ2v) is 6.27. The number of hydrogen-bond donors (Lipinski definition) is 2. The summed E-state index contributed by atoms with van der Waals surface area (Å²) in [5.74, 6) is -0.272. The van der Waals surface area contributed by atoms with Gasteiger partial charge in [0.2, 0.25) is 5.91 Å². The number of carbonyl (C=O) groups is 1. The lowest BCUT2D eigenvalue weighted by molar-refractivity contribution is -0.119. The Bertz CT molecular complexity index is 633. The maximum atomic E-state index is 12.3. The highest BCUT2D eigenvalue weighted by molar-refractivity contribution is 6.31. The number of hydrogen-bond acceptors (Lipinski definition) is 4. The van der Waals surface area contributed by atoms with E-state index in [1.54, 1.807) is 29.2 Å². The minimum absolute atomic E-state index is 0.272. The van der Waals surface area contributed by atoms with Crippen LogP contribution in [0.1, 0.15) is 20.8 Å². The highest BCUT2D eigenvalue weighted by Crippen LogP contribution is 2.25. The lowest BCUT2D eigenvalue weighted by Crippen LogP contribution is -2.45. The van der Waals surface area contributed by atoms with Crippen LogP contribution in [0.2, 0.25) is 5.02 Å². The molecule has 112 valence electrons. The number of amides is 1. The van der Waals surface area contributed by atoms with Crippen molar-refractivity contribution in [3.05, 3.63) is 35.9 Å². The first kappa shape index (κ1) is 15.5. The Morgan fingerprint density at radius 1 is 1.43 bits per heavy atom. The van der Waals surface area contributed by atoms with Crippen molar-refractivity contribution in [1.29, 1.82) is 0 Å². The average Bonchev–Trinajstić information content (AvgIpc) is 2.90. The summed E-state index contributed by atoms with van der Waals surface area (Å²) < 4.78 is 1.55. The number of halogens is 1. The van der Waals surface area contributed by atoms with Crippen molar-refractivity contribution in [2.45, 2.75) is 26.8 Å². The summed E-state index contributed by atoms with van der Waals surface area (Å²) in [4.78, 5) is 16.2. The Kier molecular flexibility index (Phi) is 4.29. The van der Waals surface area contributed by atoms with E-state index in [9.17, 15) is 4.79 Å². The Labute approximate surface area is 128 Å². The largest absolute Gasteiger partial charge is 0.323 e. The molecule has 7 heteroatoms. The van der Waals surface area contributed by atoms with Crippen LogP contribution in [0.15, 0.2) is 30.9 Å². The Morgan fingerprint density at radius 3 is 2.71 bits per heavy atom. The van der Waals surface area contributed by atoms with Gasteiger partial charge in [-0.1, -0.05) is 32.4 Å². The molecular formula is C14H18ClN5O. The molecule has 1 aromatic carbocycles. The molecule has 0 aliphatic rings. The van der Waals surface area contributed by atoms with E-state index in [0.29, 0.717) is 16.4 Å². The van der Waals surface area contributed by atoms with Crippen molar-refractivity contribution in [2.24, 2.45) is 11.1 Å². The molecule has 0 radical (unpaired) electrons. The van der Waals surface area contributed by atoms with E-state index in [-0.39, 0.29) is 11.3 Å². The number of anilines is 1. The molecule has 0 saturated carbocycles. The molecule has 1 atom stereocenters. The van der Waals surface area contributed by atoms with Crippen molar-refractivity contribution in [1.82, 2.24) is 14.8 Å². The molecule has 1 amide bonds. The molecule has 0 saturated heterocycles. The maximum Gasteiger partial charge on any atom is 0.241 e. The standard InChI is InChI=1S/C14H18ClN5O/c1-14(2,3)12(16)13(21)19-10-6-9(15)4-5-11(10)20-8-17-7-18-20/h4-8,12H,16H2,1-3H3,(H,19,21)/t12-/m0/s1. The lowest BCUT2D eigenvalue weighted by Gasteiger charge is -2.26. The van der Waals surface area contributed by atoms with Crippen LogP contribution >= 0.6 is 11.6 Å². The molecule has 2 aromatic rings. The predicted octanol–water partition coefficient (Wildman–Crippen LogP) is 2.23. The van der Waals surface area contributed by atoms with Crippen LogP contribution in [0.25, 0.3) is 5.69 Å². The molecule has 0 unspecified atom stereocenters. The number of nitrogens with zero attached hydrogens (tertiary/aromatic N) is 3. The van der Waals surface area contributed by atoms with Gasteiger partial charge in [-0.25, -0.2) is 9.67 Å². The summed E-state index contributed by atoms with van der Waals surface area (Å²) in [6.07, 6.45) is 2.96. The van der Waals surface area contributed by atoms with Crippen LogP contribution in [0.4, 0.5) is 5.69 Å². The number of carbonyl (C=O) groups excluding carboxylic acids is 1. The van der Waals surface area contributed by atoms with Gasteiger partial charge in [-0.3, -0.25) is 4.79 Å². The molecule has 6 nitrogen and oxygen atoms in total. The minimum atomic E-state index is -0.639. The van der Waals surface area contributed by atoms with Crippen molar-refractivity contribution in [3.8, 4) is 5.69 Å². The first-order valence-electron chi connectivity index (χ1n) is 6.50. The number of aromatic nitrogens is 3. The first-order valence-corrected chi connectivity index (χ1v) is 6.88. The van der Waals surface area contributed by atoms with E-state index in [1.807, 2.05) is 20.8 Å². The first-order chi connectivity index (χ1) is 9.79. The van der Waals surface area contributed by atoms with E-state index in [4.69, 9.17) is 17.3 Å². The third kappa shape index (κ3) is 3.59. The molecule has 1 heterocycles. The van der Waals surface area contributed by atoms with Gasteiger partial charge in [0.1, 0.15) is 12.7 Å². The summed E-state index contributed by atoms with van der Waals surface area (Å²) >= 11 is 6.00. The maximum absolute atomic E-state index is 12.3.